The van der Waals surface area contributed by atoms with E-state index in [0.29, 0.717) is 17.2 Å². The number of benzene rings is 3. The highest BCUT2D eigenvalue weighted by molar-refractivity contribution is 7.92. The molecule has 0 unspecified atom stereocenters. The average Bonchev–Trinajstić information content (AvgIpc) is 2.78. The molecule has 0 saturated heterocycles. The lowest BCUT2D eigenvalue weighted by Crippen LogP contribution is -2.30. The van der Waals surface area contributed by atoms with E-state index in [1.54, 1.807) is 24.3 Å². The zero-order chi connectivity index (χ0) is 24.0. The molecule has 33 heavy (non-hydrogen) atoms. The van der Waals surface area contributed by atoms with Crippen LogP contribution < -0.4 is 9.62 Å². The summed E-state index contributed by atoms with van der Waals surface area (Å²) >= 11 is 0. The standard InChI is InChI=1S/C27H32N2O3S/c1-20(2)18-26(23-8-6-5-7-9-23)28-27(30)24-14-16-25(17-15-24)29(33(4,31)32)19-22-12-10-21(3)11-13-22/h5-17,20,26H,18-19H2,1-4H3,(H,28,30)/t26-/m1/s1. The molecule has 1 atom stereocenters. The van der Waals surface area contributed by atoms with Gasteiger partial charge in [0.1, 0.15) is 0 Å². The van der Waals surface area contributed by atoms with Crippen molar-refractivity contribution in [3.05, 3.63) is 101 Å². The summed E-state index contributed by atoms with van der Waals surface area (Å²) in [4.78, 5) is 13.0. The lowest BCUT2D eigenvalue weighted by Gasteiger charge is -2.23. The van der Waals surface area contributed by atoms with Crippen molar-refractivity contribution >= 4 is 21.6 Å². The maximum atomic E-state index is 13.0. The number of hydrogen-bond donors (Lipinski definition) is 1. The Balaban J connectivity index is 1.79. The summed E-state index contributed by atoms with van der Waals surface area (Å²) in [5.41, 5.74) is 4.10. The molecule has 0 bridgehead atoms. The molecule has 1 amide bonds. The lowest BCUT2D eigenvalue weighted by molar-refractivity contribution is 0.0932. The van der Waals surface area contributed by atoms with Gasteiger partial charge in [0, 0.05) is 5.56 Å². The van der Waals surface area contributed by atoms with E-state index in [-0.39, 0.29) is 18.5 Å². The SMILES string of the molecule is Cc1ccc(CN(c2ccc(C(=O)N[C@H](CC(C)C)c3ccccc3)cc2)S(C)(=O)=O)cc1. The summed E-state index contributed by atoms with van der Waals surface area (Å²) < 4.78 is 26.3. The van der Waals surface area contributed by atoms with Gasteiger partial charge in [-0.1, -0.05) is 74.0 Å². The van der Waals surface area contributed by atoms with Gasteiger partial charge >= 0.3 is 0 Å². The van der Waals surface area contributed by atoms with Gasteiger partial charge in [-0.05, 0) is 54.7 Å². The first-order chi connectivity index (χ1) is 15.6. The number of nitrogens with zero attached hydrogens (tertiary/aromatic N) is 1. The van der Waals surface area contributed by atoms with Crippen molar-refractivity contribution in [2.45, 2.75) is 39.8 Å². The second kappa shape index (κ2) is 10.7. The van der Waals surface area contributed by atoms with Crippen molar-refractivity contribution in [3.63, 3.8) is 0 Å². The molecule has 3 rings (SSSR count). The van der Waals surface area contributed by atoms with Crippen LogP contribution in [0.25, 0.3) is 0 Å². The monoisotopic (exact) mass is 464 g/mol. The highest BCUT2D eigenvalue weighted by Crippen LogP contribution is 2.24. The maximum absolute atomic E-state index is 13.0. The van der Waals surface area contributed by atoms with Gasteiger partial charge in [0.25, 0.3) is 5.91 Å². The van der Waals surface area contributed by atoms with Crippen molar-refractivity contribution in [2.75, 3.05) is 10.6 Å². The minimum atomic E-state index is -3.50. The topological polar surface area (TPSA) is 66.5 Å². The van der Waals surface area contributed by atoms with Crippen LogP contribution in [0, 0.1) is 12.8 Å². The number of carbonyl (C=O) groups is 1. The van der Waals surface area contributed by atoms with E-state index in [9.17, 15) is 13.2 Å². The van der Waals surface area contributed by atoms with Gasteiger partial charge in [-0.3, -0.25) is 9.10 Å². The zero-order valence-electron chi connectivity index (χ0n) is 19.7. The minimum Gasteiger partial charge on any atom is -0.345 e. The van der Waals surface area contributed by atoms with Crippen LogP contribution in [0.15, 0.2) is 78.9 Å². The van der Waals surface area contributed by atoms with E-state index in [4.69, 9.17) is 0 Å². The Labute approximate surface area is 197 Å². The Bertz CT molecular complexity index is 1160. The van der Waals surface area contributed by atoms with Crippen LogP contribution >= 0.6 is 0 Å². The zero-order valence-corrected chi connectivity index (χ0v) is 20.5. The summed E-state index contributed by atoms with van der Waals surface area (Å²) in [6, 6.07) is 24.3. The Morgan fingerprint density at radius 2 is 1.52 bits per heavy atom. The van der Waals surface area contributed by atoms with Gasteiger partial charge in [0.05, 0.1) is 24.5 Å². The number of rotatable bonds is 9. The molecule has 0 radical (unpaired) electrons. The van der Waals surface area contributed by atoms with Crippen LogP contribution in [0.3, 0.4) is 0 Å². The molecule has 6 heteroatoms. The second-order valence-electron chi connectivity index (χ2n) is 8.87. The van der Waals surface area contributed by atoms with Crippen molar-refractivity contribution in [2.24, 2.45) is 5.92 Å². The highest BCUT2D eigenvalue weighted by Gasteiger charge is 2.20. The average molecular weight is 465 g/mol. The van der Waals surface area contributed by atoms with Crippen LogP contribution in [0.4, 0.5) is 5.69 Å². The molecule has 0 aliphatic carbocycles. The van der Waals surface area contributed by atoms with Gasteiger partial charge in [0.15, 0.2) is 0 Å². The van der Waals surface area contributed by atoms with Gasteiger partial charge in [-0.15, -0.1) is 0 Å². The van der Waals surface area contributed by atoms with Gasteiger partial charge < -0.3 is 5.32 Å². The smallest absolute Gasteiger partial charge is 0.251 e. The van der Waals surface area contributed by atoms with Crippen LogP contribution in [-0.4, -0.2) is 20.6 Å². The van der Waals surface area contributed by atoms with E-state index >= 15 is 0 Å². The van der Waals surface area contributed by atoms with Crippen LogP contribution in [0.1, 0.15) is 53.4 Å². The van der Waals surface area contributed by atoms with Crippen LogP contribution in [0.2, 0.25) is 0 Å². The molecule has 0 heterocycles. The first-order valence-corrected chi connectivity index (χ1v) is 13.0. The predicted octanol–water partition coefficient (Wildman–Crippen LogP) is 5.48. The number of sulfonamides is 1. The Morgan fingerprint density at radius 1 is 0.909 bits per heavy atom. The maximum Gasteiger partial charge on any atom is 0.251 e. The fourth-order valence-electron chi connectivity index (χ4n) is 3.72. The molecule has 3 aromatic carbocycles. The molecule has 0 aliphatic heterocycles. The Hall–Kier alpha value is -3.12. The van der Waals surface area contributed by atoms with Crippen LogP contribution in [0.5, 0.6) is 0 Å². The van der Waals surface area contributed by atoms with Crippen molar-refractivity contribution < 1.29 is 13.2 Å². The second-order valence-corrected chi connectivity index (χ2v) is 10.8. The largest absolute Gasteiger partial charge is 0.345 e. The third-order valence-corrected chi connectivity index (χ3v) is 6.62. The third-order valence-electron chi connectivity index (χ3n) is 5.48. The molecule has 0 saturated carbocycles. The summed E-state index contributed by atoms with van der Waals surface area (Å²) in [6.45, 7) is 6.48. The van der Waals surface area contributed by atoms with Gasteiger partial charge in [0.2, 0.25) is 10.0 Å². The molecule has 5 nitrogen and oxygen atoms in total. The molecular formula is C27H32N2O3S. The normalized spacial score (nSPS) is 12.4. The van der Waals surface area contributed by atoms with E-state index in [0.717, 1.165) is 23.1 Å². The molecule has 3 aromatic rings. The molecule has 0 fully saturated rings. The van der Waals surface area contributed by atoms with Crippen molar-refractivity contribution in [1.82, 2.24) is 5.32 Å². The summed E-state index contributed by atoms with van der Waals surface area (Å²) in [6.07, 6.45) is 2.02. The minimum absolute atomic E-state index is 0.0903. The van der Waals surface area contributed by atoms with E-state index in [2.05, 4.69) is 19.2 Å². The number of amides is 1. The molecule has 0 aromatic heterocycles. The first kappa shape index (κ1) is 24.5. The molecule has 0 aliphatic rings. The molecule has 0 spiro atoms. The number of nitrogens with one attached hydrogen (secondary N) is 1. The first-order valence-electron chi connectivity index (χ1n) is 11.1. The molecule has 1 N–H and O–H groups in total. The molecular weight excluding hydrogens is 432 g/mol. The number of carbonyl (C=O) groups excluding carboxylic acids is 1. The van der Waals surface area contributed by atoms with Gasteiger partial charge in [-0.25, -0.2) is 8.42 Å². The lowest BCUT2D eigenvalue weighted by atomic mass is 9.96. The predicted molar refractivity (Wildman–Crippen MR) is 135 cm³/mol. The summed E-state index contributed by atoms with van der Waals surface area (Å²) in [5, 5.41) is 3.13. The van der Waals surface area contributed by atoms with Crippen molar-refractivity contribution in [3.8, 4) is 0 Å². The fraction of sp³-hybridized carbons (Fsp3) is 0.296. The summed E-state index contributed by atoms with van der Waals surface area (Å²) in [5.74, 6) is 0.239. The summed E-state index contributed by atoms with van der Waals surface area (Å²) in [7, 11) is -3.50. The molecule has 174 valence electrons. The fourth-order valence-corrected chi connectivity index (χ4v) is 4.60. The van der Waals surface area contributed by atoms with E-state index in [1.807, 2.05) is 61.5 Å². The van der Waals surface area contributed by atoms with Crippen molar-refractivity contribution in [1.29, 1.82) is 0 Å². The number of anilines is 1. The quantitative estimate of drug-likeness (QED) is 0.456. The highest BCUT2D eigenvalue weighted by atomic mass is 32.2. The Kier molecular flexibility index (Phi) is 7.92. The van der Waals surface area contributed by atoms with E-state index < -0.39 is 10.0 Å². The Morgan fingerprint density at radius 3 is 2.06 bits per heavy atom. The van der Waals surface area contributed by atoms with Crippen LogP contribution in [-0.2, 0) is 16.6 Å². The number of hydrogen-bond acceptors (Lipinski definition) is 3. The van der Waals surface area contributed by atoms with Gasteiger partial charge in [-0.2, -0.15) is 0 Å². The third kappa shape index (κ3) is 6.93. The number of aryl methyl sites for hydroxylation is 1. The van der Waals surface area contributed by atoms with E-state index in [1.165, 1.54) is 10.6 Å².